The first-order chi connectivity index (χ1) is 8.22. The van der Waals surface area contributed by atoms with Crippen LogP contribution in [0.3, 0.4) is 0 Å². The van der Waals surface area contributed by atoms with Gasteiger partial charge >= 0.3 is 107 Å². The molecule has 0 aliphatic heterocycles. The van der Waals surface area contributed by atoms with Crippen molar-refractivity contribution in [1.29, 1.82) is 0 Å². The van der Waals surface area contributed by atoms with Crippen LogP contribution in [-0.4, -0.2) is 54.5 Å². The molecule has 0 saturated carbocycles. The quantitative estimate of drug-likeness (QED) is 0.296. The fourth-order valence-electron chi connectivity index (χ4n) is 1.49. The first-order valence-electron chi connectivity index (χ1n) is 5.65. The summed E-state index contributed by atoms with van der Waals surface area (Å²) < 4.78 is 32.1. The van der Waals surface area contributed by atoms with Crippen LogP contribution in [0.2, 0.25) is 0 Å². The average molecular weight is 281 g/mol. The Kier molecular flexibility index (Phi) is 7.80. The number of nitrogens with one attached hydrogen (secondary N) is 1. The predicted octanol–water partition coefficient (Wildman–Crippen LogP) is -1.61. The molecule has 4 N–H and O–H groups in total. The van der Waals surface area contributed by atoms with Crippen LogP contribution in [0, 0.1) is 5.92 Å². The number of aliphatic hydroxyl groups excluding tert-OH is 3. The molecule has 0 aliphatic rings. The third-order valence-corrected chi connectivity index (χ3v) is 3.56. The molecular formula is C9H20BNO6S. The van der Waals surface area contributed by atoms with Crippen LogP contribution in [0.25, 0.3) is 0 Å². The predicted molar refractivity (Wildman–Crippen MR) is 65.5 cm³/mol. The van der Waals surface area contributed by atoms with E-state index < -0.39 is 33.8 Å². The topological polar surface area (TPSA) is 124 Å². The SMILES string of the molecule is CC(C)CC(CO)NC(O)CC(O)S(=O)(=O)B=O. The molecule has 0 aromatic heterocycles. The van der Waals surface area contributed by atoms with Crippen LogP contribution in [0.5, 0.6) is 0 Å². The molecule has 0 spiro atoms. The molecule has 0 radical (unpaired) electrons. The van der Waals surface area contributed by atoms with Crippen molar-refractivity contribution < 1.29 is 28.4 Å². The van der Waals surface area contributed by atoms with Crippen molar-refractivity contribution in [2.75, 3.05) is 6.61 Å². The molecular weight excluding hydrogens is 261 g/mol. The van der Waals surface area contributed by atoms with Crippen molar-refractivity contribution in [3.05, 3.63) is 0 Å². The molecule has 106 valence electrons. The summed E-state index contributed by atoms with van der Waals surface area (Å²) in [5.74, 6) is 0.283. The fraction of sp³-hybridized carbons (Fsp3) is 1.00. The Balaban J connectivity index is 4.32. The summed E-state index contributed by atoms with van der Waals surface area (Å²) in [6.45, 7) is 3.65. The van der Waals surface area contributed by atoms with Gasteiger partial charge in [0, 0.05) is 0 Å². The summed E-state index contributed by atoms with van der Waals surface area (Å²) in [5, 5.41) is 30.4. The second-order valence-corrected chi connectivity index (χ2v) is 6.48. The van der Waals surface area contributed by atoms with E-state index in [1.807, 2.05) is 13.8 Å². The van der Waals surface area contributed by atoms with Crippen LogP contribution in [0.1, 0.15) is 26.7 Å². The minimum absolute atomic E-state index is 0.217. The molecule has 7 nitrogen and oxygen atoms in total. The van der Waals surface area contributed by atoms with E-state index in [4.69, 9.17) is 5.11 Å². The number of hydrogen-bond acceptors (Lipinski definition) is 7. The molecule has 0 amide bonds. The van der Waals surface area contributed by atoms with Gasteiger partial charge < -0.3 is 0 Å². The van der Waals surface area contributed by atoms with Gasteiger partial charge in [0.25, 0.3) is 0 Å². The normalized spacial score (nSPS) is 17.2. The molecule has 3 atom stereocenters. The van der Waals surface area contributed by atoms with Crippen molar-refractivity contribution in [1.82, 2.24) is 5.32 Å². The Morgan fingerprint density at radius 2 is 1.78 bits per heavy atom. The zero-order valence-corrected chi connectivity index (χ0v) is 11.3. The van der Waals surface area contributed by atoms with E-state index in [0.717, 1.165) is 0 Å². The third kappa shape index (κ3) is 6.55. The van der Waals surface area contributed by atoms with Crippen LogP contribution in [0.4, 0.5) is 0 Å². The summed E-state index contributed by atoms with van der Waals surface area (Å²) in [6.07, 6.45) is -1.60. The van der Waals surface area contributed by atoms with Gasteiger partial charge in [-0.1, -0.05) is 0 Å². The minimum atomic E-state index is -4.25. The van der Waals surface area contributed by atoms with E-state index in [9.17, 15) is 23.3 Å². The van der Waals surface area contributed by atoms with Gasteiger partial charge in [-0.15, -0.1) is 0 Å². The molecule has 0 fully saturated rings. The van der Waals surface area contributed by atoms with Gasteiger partial charge in [-0.3, -0.25) is 0 Å². The zero-order chi connectivity index (χ0) is 14.3. The zero-order valence-electron chi connectivity index (χ0n) is 10.5. The molecule has 3 unspecified atom stereocenters. The van der Waals surface area contributed by atoms with Crippen molar-refractivity contribution in [3.63, 3.8) is 0 Å². The van der Waals surface area contributed by atoms with E-state index in [2.05, 4.69) is 5.32 Å². The molecule has 0 rings (SSSR count). The van der Waals surface area contributed by atoms with Gasteiger partial charge in [0.15, 0.2) is 0 Å². The molecule has 18 heavy (non-hydrogen) atoms. The van der Waals surface area contributed by atoms with E-state index in [1.165, 1.54) is 0 Å². The Bertz CT molecular complexity index is 347. The monoisotopic (exact) mass is 281 g/mol. The van der Waals surface area contributed by atoms with Crippen molar-refractivity contribution in [3.8, 4) is 0 Å². The maximum atomic E-state index is 11.0. The Hall–Kier alpha value is -0.345. The fourth-order valence-corrected chi connectivity index (χ4v) is 2.07. The van der Waals surface area contributed by atoms with Gasteiger partial charge in [-0.25, -0.2) is 0 Å². The van der Waals surface area contributed by atoms with Crippen molar-refractivity contribution in [2.24, 2.45) is 5.92 Å². The summed E-state index contributed by atoms with van der Waals surface area (Å²) in [5.41, 5.74) is -1.95. The second-order valence-electron chi connectivity index (χ2n) is 4.57. The van der Waals surface area contributed by atoms with Crippen LogP contribution in [-0.2, 0) is 14.4 Å². The average Bonchev–Trinajstić information content (AvgIpc) is 2.27. The van der Waals surface area contributed by atoms with Crippen molar-refractivity contribution >= 4 is 16.1 Å². The number of hydrogen-bond donors (Lipinski definition) is 4. The van der Waals surface area contributed by atoms with Gasteiger partial charge in [0.05, 0.1) is 0 Å². The molecule has 0 aromatic rings. The van der Waals surface area contributed by atoms with Gasteiger partial charge in [-0.2, -0.15) is 0 Å². The van der Waals surface area contributed by atoms with Gasteiger partial charge in [-0.05, 0) is 0 Å². The summed E-state index contributed by atoms with van der Waals surface area (Å²) in [6, 6.07) is -0.397. The third-order valence-electron chi connectivity index (χ3n) is 2.34. The number of rotatable bonds is 9. The van der Waals surface area contributed by atoms with E-state index in [1.54, 1.807) is 0 Å². The first-order valence-corrected chi connectivity index (χ1v) is 7.26. The molecule has 0 aliphatic carbocycles. The second kappa shape index (κ2) is 7.95. The maximum absolute atomic E-state index is 11.0. The van der Waals surface area contributed by atoms with E-state index in [-0.39, 0.29) is 19.0 Å². The molecule has 0 aromatic carbocycles. The van der Waals surface area contributed by atoms with Crippen LogP contribution in [0.15, 0.2) is 0 Å². The Morgan fingerprint density at radius 3 is 2.17 bits per heavy atom. The standard InChI is InChI=1S/C9H20BNO6S/c1-6(2)3-7(5-12)11-8(13)4-9(14)18(16,17)10-15/h6-9,11-14H,3-5H2,1-2H3. The molecule has 0 bridgehead atoms. The Morgan fingerprint density at radius 1 is 1.22 bits per heavy atom. The summed E-state index contributed by atoms with van der Waals surface area (Å²) in [4.78, 5) is 0. The summed E-state index contributed by atoms with van der Waals surface area (Å²) in [7, 11) is -4.25. The van der Waals surface area contributed by atoms with Gasteiger partial charge in [0.2, 0.25) is 0 Å². The van der Waals surface area contributed by atoms with Crippen LogP contribution >= 0.6 is 0 Å². The van der Waals surface area contributed by atoms with E-state index >= 15 is 0 Å². The molecule has 9 heteroatoms. The molecule has 0 heterocycles. The van der Waals surface area contributed by atoms with Crippen molar-refractivity contribution in [2.45, 2.75) is 44.4 Å². The molecule has 0 saturated heterocycles. The van der Waals surface area contributed by atoms with E-state index in [0.29, 0.717) is 6.42 Å². The number of aliphatic hydroxyl groups is 3. The first kappa shape index (κ1) is 17.7. The van der Waals surface area contributed by atoms with Crippen LogP contribution < -0.4 is 5.32 Å². The summed E-state index contributed by atoms with van der Waals surface area (Å²) >= 11 is 0. The van der Waals surface area contributed by atoms with Gasteiger partial charge in [0.1, 0.15) is 0 Å². The Labute approximate surface area is 107 Å².